The standard InChI is InChI=1S/C27H29FN4O3/c1-3-30(15-19-14-29-31(4-2)16-19)25(33)17-32-24-8-6-5-7-22(24)23-13-27(23,26(32)34)18-35-21-11-9-20(28)10-12-21/h5-12,14,16,23H,3-4,13,15,17-18H2,1-2H3/t23-,27+/m0/s1. The number of likely N-dealkylation sites (N-methyl/N-ethyl adjacent to an activating group) is 1. The van der Waals surface area contributed by atoms with E-state index in [4.69, 9.17) is 4.74 Å². The van der Waals surface area contributed by atoms with Gasteiger partial charge in [-0.15, -0.1) is 0 Å². The molecule has 0 saturated heterocycles. The summed E-state index contributed by atoms with van der Waals surface area (Å²) in [5.41, 5.74) is 2.11. The number of carbonyl (C=O) groups is 2. The molecule has 2 atom stereocenters. The Hall–Kier alpha value is -3.68. The van der Waals surface area contributed by atoms with Crippen LogP contribution in [0.5, 0.6) is 5.75 Å². The summed E-state index contributed by atoms with van der Waals surface area (Å²) in [6.45, 7) is 5.85. The van der Waals surface area contributed by atoms with E-state index in [1.54, 1.807) is 28.1 Å². The maximum Gasteiger partial charge on any atom is 0.242 e. The molecule has 182 valence electrons. The molecule has 0 radical (unpaired) electrons. The van der Waals surface area contributed by atoms with Gasteiger partial charge in [-0.3, -0.25) is 14.3 Å². The Labute approximate surface area is 204 Å². The molecule has 1 aliphatic heterocycles. The lowest BCUT2D eigenvalue weighted by Crippen LogP contribution is -2.49. The number of aryl methyl sites for hydroxylation is 1. The van der Waals surface area contributed by atoms with Crippen LogP contribution < -0.4 is 9.64 Å². The fourth-order valence-electron chi connectivity index (χ4n) is 4.97. The van der Waals surface area contributed by atoms with E-state index in [-0.39, 0.29) is 36.7 Å². The van der Waals surface area contributed by atoms with Crippen LogP contribution in [-0.4, -0.2) is 46.2 Å². The maximum atomic E-state index is 13.8. The molecular formula is C27H29FN4O3. The Morgan fingerprint density at radius 1 is 1.20 bits per heavy atom. The summed E-state index contributed by atoms with van der Waals surface area (Å²) >= 11 is 0. The predicted octanol–water partition coefficient (Wildman–Crippen LogP) is 3.99. The summed E-state index contributed by atoms with van der Waals surface area (Å²) in [5.74, 6) is 0.0282. The third kappa shape index (κ3) is 4.29. The Morgan fingerprint density at radius 2 is 1.97 bits per heavy atom. The van der Waals surface area contributed by atoms with Gasteiger partial charge in [-0.1, -0.05) is 18.2 Å². The highest BCUT2D eigenvalue weighted by Crippen LogP contribution is 2.65. The van der Waals surface area contributed by atoms with Crippen molar-refractivity contribution in [1.82, 2.24) is 14.7 Å². The van der Waals surface area contributed by atoms with Gasteiger partial charge in [0.2, 0.25) is 11.8 Å². The first-order chi connectivity index (χ1) is 16.9. The van der Waals surface area contributed by atoms with Crippen molar-refractivity contribution in [1.29, 1.82) is 0 Å². The van der Waals surface area contributed by atoms with Crippen LogP contribution in [0.1, 0.15) is 37.3 Å². The molecule has 1 saturated carbocycles. The SMILES string of the molecule is CCN(Cc1cnn(CC)c1)C(=O)CN1C(=O)[C@@]2(COc3ccc(F)cc3)C[C@H]2c2ccccc21. The normalized spacial score (nSPS) is 20.3. The lowest BCUT2D eigenvalue weighted by Gasteiger charge is -2.35. The first kappa shape index (κ1) is 23.1. The molecular weight excluding hydrogens is 447 g/mol. The van der Waals surface area contributed by atoms with Crippen molar-refractivity contribution in [2.24, 2.45) is 5.41 Å². The molecule has 0 unspecified atom stereocenters. The molecule has 2 heterocycles. The first-order valence-corrected chi connectivity index (χ1v) is 12.0. The maximum absolute atomic E-state index is 13.8. The average molecular weight is 477 g/mol. The van der Waals surface area contributed by atoms with Crippen molar-refractivity contribution in [3.05, 3.63) is 77.9 Å². The number of benzene rings is 2. The number of aromatic nitrogens is 2. The van der Waals surface area contributed by atoms with Gasteiger partial charge in [0.05, 0.1) is 11.6 Å². The van der Waals surface area contributed by atoms with E-state index >= 15 is 0 Å². The molecule has 2 aliphatic rings. The van der Waals surface area contributed by atoms with Crippen LogP contribution in [-0.2, 0) is 22.7 Å². The fraction of sp³-hybridized carbons (Fsp3) is 0.370. The van der Waals surface area contributed by atoms with E-state index < -0.39 is 5.41 Å². The Bertz CT molecular complexity index is 1240. The van der Waals surface area contributed by atoms with Crippen LogP contribution >= 0.6 is 0 Å². The van der Waals surface area contributed by atoms with E-state index in [9.17, 15) is 14.0 Å². The van der Waals surface area contributed by atoms with Crippen molar-refractivity contribution in [2.75, 3.05) is 24.6 Å². The van der Waals surface area contributed by atoms with E-state index in [2.05, 4.69) is 5.10 Å². The summed E-state index contributed by atoms with van der Waals surface area (Å²) in [5, 5.41) is 4.29. The number of amides is 2. The predicted molar refractivity (Wildman–Crippen MR) is 129 cm³/mol. The van der Waals surface area contributed by atoms with Gasteiger partial charge in [-0.05, 0) is 56.2 Å². The third-order valence-electron chi connectivity index (χ3n) is 7.07. The van der Waals surface area contributed by atoms with Crippen LogP contribution in [0.4, 0.5) is 10.1 Å². The molecule has 5 rings (SSSR count). The van der Waals surface area contributed by atoms with Crippen molar-refractivity contribution < 1.29 is 18.7 Å². The molecule has 0 bridgehead atoms. The largest absolute Gasteiger partial charge is 0.492 e. The molecule has 3 aromatic rings. The highest BCUT2D eigenvalue weighted by atomic mass is 19.1. The highest BCUT2D eigenvalue weighted by Gasteiger charge is 2.66. The number of fused-ring (bicyclic) bond motifs is 3. The van der Waals surface area contributed by atoms with Crippen LogP contribution in [0.25, 0.3) is 0 Å². The third-order valence-corrected chi connectivity index (χ3v) is 7.07. The number of ether oxygens (including phenoxy) is 1. The Morgan fingerprint density at radius 3 is 2.69 bits per heavy atom. The Balaban J connectivity index is 1.35. The van der Waals surface area contributed by atoms with Crippen molar-refractivity contribution in [3.8, 4) is 5.75 Å². The van der Waals surface area contributed by atoms with Crippen LogP contribution in [0.3, 0.4) is 0 Å². The van der Waals surface area contributed by atoms with Crippen molar-refractivity contribution >= 4 is 17.5 Å². The quantitative estimate of drug-likeness (QED) is 0.468. The summed E-state index contributed by atoms with van der Waals surface area (Å²) in [6.07, 6.45) is 4.38. The summed E-state index contributed by atoms with van der Waals surface area (Å²) in [7, 11) is 0. The van der Waals surface area contributed by atoms with E-state index in [0.29, 0.717) is 25.3 Å². The van der Waals surface area contributed by atoms with E-state index in [1.807, 2.05) is 49.0 Å². The molecule has 7 nitrogen and oxygen atoms in total. The minimum Gasteiger partial charge on any atom is -0.492 e. The van der Waals surface area contributed by atoms with Gasteiger partial charge in [-0.25, -0.2) is 4.39 Å². The van der Waals surface area contributed by atoms with E-state index in [0.717, 1.165) is 23.4 Å². The molecule has 1 aromatic heterocycles. The highest BCUT2D eigenvalue weighted by molar-refractivity contribution is 6.07. The molecule has 8 heteroatoms. The lowest BCUT2D eigenvalue weighted by molar-refractivity contribution is -0.133. The monoisotopic (exact) mass is 476 g/mol. The molecule has 1 aliphatic carbocycles. The van der Waals surface area contributed by atoms with Gasteiger partial charge in [0, 0.05) is 43.0 Å². The zero-order valence-electron chi connectivity index (χ0n) is 20.0. The number of hydrogen-bond acceptors (Lipinski definition) is 4. The number of nitrogens with zero attached hydrogens (tertiary/aromatic N) is 4. The molecule has 2 amide bonds. The van der Waals surface area contributed by atoms with Crippen LogP contribution in [0, 0.1) is 11.2 Å². The number of rotatable bonds is 9. The number of halogens is 1. The minimum atomic E-state index is -0.706. The van der Waals surface area contributed by atoms with Gasteiger partial charge in [0.15, 0.2) is 0 Å². The molecule has 0 spiro atoms. The Kier molecular flexibility index (Phi) is 6.05. The van der Waals surface area contributed by atoms with Crippen molar-refractivity contribution in [2.45, 2.75) is 39.3 Å². The zero-order valence-corrected chi connectivity index (χ0v) is 20.0. The summed E-state index contributed by atoms with van der Waals surface area (Å²) in [4.78, 5) is 30.5. The molecule has 35 heavy (non-hydrogen) atoms. The minimum absolute atomic E-state index is 0.0311. The van der Waals surface area contributed by atoms with Crippen LogP contribution in [0.15, 0.2) is 60.9 Å². The second-order valence-electron chi connectivity index (χ2n) is 9.22. The topological polar surface area (TPSA) is 67.7 Å². The van der Waals surface area contributed by atoms with Crippen LogP contribution in [0.2, 0.25) is 0 Å². The second-order valence-corrected chi connectivity index (χ2v) is 9.22. The lowest BCUT2D eigenvalue weighted by atomic mass is 9.92. The molecule has 0 N–H and O–H groups in total. The average Bonchev–Trinajstić information content (AvgIpc) is 3.46. The fourth-order valence-corrected chi connectivity index (χ4v) is 4.97. The smallest absolute Gasteiger partial charge is 0.242 e. The van der Waals surface area contributed by atoms with Gasteiger partial charge < -0.3 is 14.5 Å². The number of carbonyl (C=O) groups excluding carboxylic acids is 2. The van der Waals surface area contributed by atoms with Gasteiger partial charge in [0.25, 0.3) is 0 Å². The molecule has 2 aromatic carbocycles. The van der Waals surface area contributed by atoms with Gasteiger partial charge in [0.1, 0.15) is 24.7 Å². The van der Waals surface area contributed by atoms with Gasteiger partial charge >= 0.3 is 0 Å². The summed E-state index contributed by atoms with van der Waals surface area (Å²) < 4.78 is 21.0. The van der Waals surface area contributed by atoms with E-state index in [1.165, 1.54) is 12.1 Å². The summed E-state index contributed by atoms with van der Waals surface area (Å²) in [6, 6.07) is 13.6. The second kappa shape index (κ2) is 9.17. The zero-order chi connectivity index (χ0) is 24.6. The van der Waals surface area contributed by atoms with Gasteiger partial charge in [-0.2, -0.15) is 5.10 Å². The first-order valence-electron chi connectivity index (χ1n) is 12.0. The number of hydrogen-bond donors (Lipinski definition) is 0. The van der Waals surface area contributed by atoms with Crippen molar-refractivity contribution in [3.63, 3.8) is 0 Å². The number of anilines is 1. The molecule has 1 fully saturated rings. The number of para-hydroxylation sites is 1.